The summed E-state index contributed by atoms with van der Waals surface area (Å²) in [5, 5.41) is 11.0. The molecule has 0 spiro atoms. The first-order chi connectivity index (χ1) is 10.6. The Labute approximate surface area is 138 Å². The van der Waals surface area contributed by atoms with Gasteiger partial charge in [0, 0.05) is 17.1 Å². The zero-order chi connectivity index (χ0) is 17.3. The second kappa shape index (κ2) is 6.71. The van der Waals surface area contributed by atoms with Crippen molar-refractivity contribution in [3.8, 4) is 0 Å². The fraction of sp³-hybridized carbons (Fsp3) is 0.500. The van der Waals surface area contributed by atoms with E-state index in [1.165, 1.54) is 11.4 Å². The molecule has 0 fully saturated rings. The van der Waals surface area contributed by atoms with Gasteiger partial charge in [0.25, 0.3) is 10.1 Å². The van der Waals surface area contributed by atoms with Gasteiger partial charge in [-0.1, -0.05) is 28.0 Å². The first-order valence-corrected chi connectivity index (χ1v) is 9.87. The summed E-state index contributed by atoms with van der Waals surface area (Å²) in [5.41, 5.74) is 0.714. The van der Waals surface area contributed by atoms with Crippen LogP contribution in [0.4, 0.5) is 0 Å². The molecule has 126 valence electrons. The molecule has 1 atom stereocenters. The highest BCUT2D eigenvalue weighted by molar-refractivity contribution is 7.85. The third-order valence-electron chi connectivity index (χ3n) is 4.51. The van der Waals surface area contributed by atoms with Crippen LogP contribution in [0.5, 0.6) is 0 Å². The van der Waals surface area contributed by atoms with Gasteiger partial charge in [0.2, 0.25) is 0 Å². The third-order valence-corrected chi connectivity index (χ3v) is 6.82. The van der Waals surface area contributed by atoms with Gasteiger partial charge in [-0.25, -0.2) is 0 Å². The van der Waals surface area contributed by atoms with Crippen LogP contribution in [0.15, 0.2) is 23.1 Å². The minimum atomic E-state index is -4.21. The molecule has 0 amide bonds. The van der Waals surface area contributed by atoms with Crippen molar-refractivity contribution in [1.29, 1.82) is 0 Å². The molecule has 2 rings (SSSR count). The smallest absolute Gasteiger partial charge is 0.303 e. The molecule has 0 radical (unpaired) electrons. The lowest BCUT2D eigenvalue weighted by atomic mass is 9.76. The van der Waals surface area contributed by atoms with E-state index >= 15 is 0 Å². The molecule has 0 saturated carbocycles. The largest absolute Gasteiger partial charge is 0.481 e. The number of rotatable bonds is 7. The molecule has 0 aliphatic carbocycles. The van der Waals surface area contributed by atoms with Crippen LogP contribution in [-0.2, 0) is 20.3 Å². The van der Waals surface area contributed by atoms with E-state index in [1.807, 2.05) is 0 Å². The second-order valence-electron chi connectivity index (χ2n) is 6.14. The molecule has 1 unspecified atom stereocenters. The molecule has 1 aromatic rings. The molecule has 2 N–H and O–H groups in total. The van der Waals surface area contributed by atoms with E-state index in [-0.39, 0.29) is 16.7 Å². The Balaban J connectivity index is 2.17. The van der Waals surface area contributed by atoms with Crippen molar-refractivity contribution < 1.29 is 22.9 Å². The Morgan fingerprint density at radius 2 is 1.96 bits per heavy atom. The van der Waals surface area contributed by atoms with E-state index in [4.69, 9.17) is 5.11 Å². The van der Waals surface area contributed by atoms with Crippen molar-refractivity contribution in [2.24, 2.45) is 0 Å². The van der Waals surface area contributed by atoms with Gasteiger partial charge < -0.3 is 5.11 Å². The van der Waals surface area contributed by atoms with Gasteiger partial charge in [-0.15, -0.1) is 0 Å². The predicted octanol–water partition coefficient (Wildman–Crippen LogP) is 3.00. The van der Waals surface area contributed by atoms with E-state index in [9.17, 15) is 17.8 Å². The quantitative estimate of drug-likeness (QED) is 0.445. The van der Waals surface area contributed by atoms with Crippen LogP contribution < -0.4 is 5.30 Å². The van der Waals surface area contributed by atoms with Gasteiger partial charge >= 0.3 is 5.97 Å². The maximum atomic E-state index is 11.4. The molecule has 0 saturated heterocycles. The Morgan fingerprint density at radius 1 is 1.26 bits per heavy atom. The molecule has 1 heterocycles. The average Bonchev–Trinajstić information content (AvgIpc) is 2.69. The summed E-state index contributed by atoms with van der Waals surface area (Å²) in [6.07, 6.45) is 3.39. The highest BCUT2D eigenvalue weighted by Crippen LogP contribution is 2.40. The van der Waals surface area contributed by atoms with Crippen molar-refractivity contribution >= 4 is 34.9 Å². The van der Waals surface area contributed by atoms with Crippen LogP contribution >= 0.6 is 8.20 Å². The number of benzene rings is 1. The Morgan fingerprint density at radius 3 is 2.57 bits per heavy atom. The maximum Gasteiger partial charge on any atom is 0.303 e. The van der Waals surface area contributed by atoms with Gasteiger partial charge in [-0.05, 0) is 48.8 Å². The lowest BCUT2D eigenvalue weighted by Gasteiger charge is -2.28. The number of hydrogen-bond acceptors (Lipinski definition) is 3. The minimum absolute atomic E-state index is 0.0711. The summed E-state index contributed by atoms with van der Waals surface area (Å²) in [5.74, 6) is -0.776. The minimum Gasteiger partial charge on any atom is -0.481 e. The van der Waals surface area contributed by atoms with Crippen LogP contribution in [0.25, 0.3) is 0 Å². The van der Waals surface area contributed by atoms with Crippen LogP contribution in [0.3, 0.4) is 0 Å². The van der Waals surface area contributed by atoms with Crippen molar-refractivity contribution in [3.05, 3.63) is 23.8 Å². The van der Waals surface area contributed by atoms with E-state index in [0.29, 0.717) is 6.42 Å². The number of aliphatic carboxylic acids is 1. The zero-order valence-corrected chi connectivity index (χ0v) is 15.0. The molecule has 0 bridgehead atoms. The predicted molar refractivity (Wildman–Crippen MR) is 91.6 cm³/mol. The summed E-state index contributed by atoms with van der Waals surface area (Å²) in [6.45, 7) is 4.15. The number of carbonyl (C=O) groups is 1. The molecular weight excluding hydrogens is 335 g/mol. The number of hydrogen-bond donors (Lipinski definition) is 2. The summed E-state index contributed by atoms with van der Waals surface area (Å²) >= 11 is 0. The summed E-state index contributed by atoms with van der Waals surface area (Å²) in [4.78, 5) is 10.5. The number of unbranched alkanes of at least 4 members (excludes halogenated alkanes) is 2. The fourth-order valence-corrected chi connectivity index (χ4v) is 4.89. The number of carboxylic acid groups (broad SMARTS) is 1. The molecule has 1 aliphatic rings. The first kappa shape index (κ1) is 18.1. The molecule has 0 aromatic heterocycles. The van der Waals surface area contributed by atoms with Crippen molar-refractivity contribution in [2.45, 2.75) is 56.3 Å². The topological polar surface area (TPSA) is 91.7 Å². The van der Waals surface area contributed by atoms with Gasteiger partial charge in [0.05, 0.1) is 4.90 Å². The van der Waals surface area contributed by atoms with Gasteiger partial charge in [0.15, 0.2) is 0 Å². The second-order valence-corrected chi connectivity index (χ2v) is 8.94. The van der Waals surface area contributed by atoms with E-state index < -0.39 is 16.1 Å². The molecule has 5 nitrogen and oxygen atoms in total. The van der Waals surface area contributed by atoms with Gasteiger partial charge in [-0.2, -0.15) is 8.42 Å². The fourth-order valence-electron chi connectivity index (χ4n) is 2.96. The van der Waals surface area contributed by atoms with Gasteiger partial charge in [0.1, 0.15) is 0 Å². The average molecular weight is 356 g/mol. The standard InChI is InChI=1S/C16H21O5PS/c1-11-16(2,9-5-3-4-6-15(17)18)13-10-12(23(19,20)21)7-8-14(13)22-11/h7-8,10H,3-6,9H2,1-2H3,(H,17,18)(H,19,20,21). The normalized spacial score (nSPS) is 20.9. The SMILES string of the molecule is CC1=Pc2ccc(S(=O)(=O)O)cc2C1(C)CCCCCC(=O)O. The van der Waals surface area contributed by atoms with Crippen molar-refractivity contribution in [2.75, 3.05) is 0 Å². The highest BCUT2D eigenvalue weighted by atomic mass is 32.2. The third kappa shape index (κ3) is 4.00. The van der Waals surface area contributed by atoms with Crippen LogP contribution in [0, 0.1) is 0 Å². The molecule has 23 heavy (non-hydrogen) atoms. The van der Waals surface area contributed by atoms with Crippen molar-refractivity contribution in [1.82, 2.24) is 0 Å². The van der Waals surface area contributed by atoms with Crippen LogP contribution in [0.2, 0.25) is 0 Å². The zero-order valence-electron chi connectivity index (χ0n) is 13.2. The maximum absolute atomic E-state index is 11.4. The Bertz CT molecular complexity index is 754. The Hall–Kier alpha value is -1.23. The van der Waals surface area contributed by atoms with Crippen LogP contribution in [0.1, 0.15) is 51.5 Å². The summed E-state index contributed by atoms with van der Waals surface area (Å²) in [7, 11) is -3.12. The van der Waals surface area contributed by atoms with E-state index in [0.717, 1.165) is 38.3 Å². The summed E-state index contributed by atoms with van der Waals surface area (Å²) < 4.78 is 32.0. The monoisotopic (exact) mass is 356 g/mol. The number of fused-ring (bicyclic) bond motifs is 1. The summed E-state index contributed by atoms with van der Waals surface area (Å²) in [6, 6.07) is 4.78. The number of carboxylic acids is 1. The Kier molecular flexibility index (Phi) is 5.29. The lowest BCUT2D eigenvalue weighted by Crippen LogP contribution is -2.29. The highest BCUT2D eigenvalue weighted by Gasteiger charge is 2.35. The first-order valence-electron chi connectivity index (χ1n) is 7.54. The van der Waals surface area contributed by atoms with E-state index in [2.05, 4.69) is 13.8 Å². The molecule has 1 aliphatic heterocycles. The lowest BCUT2D eigenvalue weighted by molar-refractivity contribution is -0.137. The molecule has 1 aromatic carbocycles. The van der Waals surface area contributed by atoms with Crippen molar-refractivity contribution in [3.63, 3.8) is 0 Å². The molecule has 7 heteroatoms. The van der Waals surface area contributed by atoms with Gasteiger partial charge in [-0.3, -0.25) is 9.35 Å². The molecular formula is C16H21O5PS. The van der Waals surface area contributed by atoms with Crippen LogP contribution in [-0.4, -0.2) is 29.3 Å². The van der Waals surface area contributed by atoms with E-state index in [1.54, 1.807) is 12.1 Å².